The third-order valence-corrected chi connectivity index (χ3v) is 5.55. The quantitative estimate of drug-likeness (QED) is 0.717. The average molecular weight is 396 g/mol. The van der Waals surface area contributed by atoms with Gasteiger partial charge in [-0.15, -0.1) is 11.3 Å². The molecule has 0 bridgehead atoms. The Hall–Kier alpha value is -2.84. The van der Waals surface area contributed by atoms with E-state index < -0.39 is 0 Å². The molecule has 1 aliphatic rings. The van der Waals surface area contributed by atoms with E-state index in [4.69, 9.17) is 9.72 Å². The number of methoxy groups -OCH3 is 1. The van der Waals surface area contributed by atoms with Gasteiger partial charge in [0.25, 0.3) is 5.91 Å². The van der Waals surface area contributed by atoms with Gasteiger partial charge in [-0.2, -0.15) is 0 Å². The summed E-state index contributed by atoms with van der Waals surface area (Å²) in [5.41, 5.74) is 2.17. The number of aromatic nitrogens is 2. The molecular weight excluding hydrogens is 376 g/mol. The monoisotopic (exact) mass is 396 g/mol. The van der Waals surface area contributed by atoms with Crippen LogP contribution in [0.4, 0.5) is 5.13 Å². The Morgan fingerprint density at radius 1 is 1.36 bits per heavy atom. The third kappa shape index (κ3) is 3.74. The Bertz CT molecular complexity index is 1010. The zero-order valence-corrected chi connectivity index (χ0v) is 16.2. The first-order chi connectivity index (χ1) is 13.7. The van der Waals surface area contributed by atoms with E-state index in [1.165, 1.54) is 18.4 Å². The summed E-state index contributed by atoms with van der Waals surface area (Å²) < 4.78 is 4.95. The van der Waals surface area contributed by atoms with Gasteiger partial charge < -0.3 is 9.64 Å². The maximum atomic E-state index is 12.9. The van der Waals surface area contributed by atoms with Crippen molar-refractivity contribution in [3.63, 3.8) is 0 Å². The number of pyridine rings is 1. The van der Waals surface area contributed by atoms with Gasteiger partial charge in [0.05, 0.1) is 11.1 Å². The summed E-state index contributed by atoms with van der Waals surface area (Å²) in [5.74, 6) is -0.135. The largest absolute Gasteiger partial charge is 0.375 e. The fraction of sp³-hybridized carbons (Fsp3) is 0.300. The number of nitrogens with zero attached hydrogens (tertiary/aromatic N) is 3. The van der Waals surface area contributed by atoms with Crippen molar-refractivity contribution in [2.75, 3.05) is 32.1 Å². The lowest BCUT2D eigenvalue weighted by Gasteiger charge is -2.16. The number of thiazole rings is 1. The van der Waals surface area contributed by atoms with Gasteiger partial charge in [0, 0.05) is 48.8 Å². The van der Waals surface area contributed by atoms with E-state index in [0.717, 1.165) is 23.0 Å². The van der Waals surface area contributed by atoms with E-state index in [1.807, 2.05) is 35.7 Å². The number of anilines is 1. The molecule has 7 nitrogen and oxygen atoms in total. The molecule has 4 rings (SSSR count). The van der Waals surface area contributed by atoms with Crippen LogP contribution >= 0.6 is 11.3 Å². The number of nitrogens with one attached hydrogen (secondary N) is 1. The number of para-hydroxylation sites is 1. The predicted molar refractivity (Wildman–Crippen MR) is 108 cm³/mol. The van der Waals surface area contributed by atoms with Crippen LogP contribution in [0.25, 0.3) is 10.9 Å². The zero-order chi connectivity index (χ0) is 19.5. The molecule has 8 heteroatoms. The Morgan fingerprint density at radius 2 is 2.21 bits per heavy atom. The number of hydrogen-bond donors (Lipinski definition) is 1. The minimum atomic E-state index is -0.208. The van der Waals surface area contributed by atoms with Crippen LogP contribution in [0.3, 0.4) is 0 Å². The standard InChI is InChI=1S/C20H20N4O3S/c1-27-12-18(25)24-8-6-13(11-24)17-10-15(14-4-2-3-5-16(14)22-17)19(26)23-20-21-7-9-28-20/h2-5,7,9-10,13H,6,8,11-12H2,1H3,(H,21,23,26)/t13-/m0/s1. The van der Waals surface area contributed by atoms with Gasteiger partial charge in [0.1, 0.15) is 6.61 Å². The topological polar surface area (TPSA) is 84.4 Å². The lowest BCUT2D eigenvalue weighted by Crippen LogP contribution is -2.31. The molecule has 1 aromatic carbocycles. The van der Waals surface area contributed by atoms with Crippen molar-refractivity contribution >= 4 is 39.2 Å². The summed E-state index contributed by atoms with van der Waals surface area (Å²) in [6, 6.07) is 9.45. The van der Waals surface area contributed by atoms with E-state index in [0.29, 0.717) is 23.8 Å². The van der Waals surface area contributed by atoms with Gasteiger partial charge in [0.15, 0.2) is 5.13 Å². The molecule has 144 valence electrons. The fourth-order valence-electron chi connectivity index (χ4n) is 3.49. The van der Waals surface area contributed by atoms with Crippen molar-refractivity contribution in [2.24, 2.45) is 0 Å². The van der Waals surface area contributed by atoms with Crippen molar-refractivity contribution in [3.05, 3.63) is 53.2 Å². The van der Waals surface area contributed by atoms with E-state index in [-0.39, 0.29) is 24.3 Å². The van der Waals surface area contributed by atoms with Crippen LogP contribution < -0.4 is 5.32 Å². The van der Waals surface area contributed by atoms with Crippen LogP contribution in [0, 0.1) is 0 Å². The number of carbonyl (C=O) groups excluding carboxylic acids is 2. The minimum absolute atomic E-state index is 0.0208. The van der Waals surface area contributed by atoms with Crippen molar-refractivity contribution in [1.29, 1.82) is 0 Å². The molecule has 0 spiro atoms. The minimum Gasteiger partial charge on any atom is -0.375 e. The van der Waals surface area contributed by atoms with Crippen molar-refractivity contribution < 1.29 is 14.3 Å². The van der Waals surface area contributed by atoms with Gasteiger partial charge in [-0.1, -0.05) is 18.2 Å². The van der Waals surface area contributed by atoms with Crippen LogP contribution in [0.2, 0.25) is 0 Å². The molecule has 3 aromatic rings. The molecule has 2 amide bonds. The molecule has 1 aliphatic heterocycles. The third-order valence-electron chi connectivity index (χ3n) is 4.86. The molecule has 1 atom stereocenters. The first-order valence-electron chi connectivity index (χ1n) is 9.03. The van der Waals surface area contributed by atoms with Crippen LogP contribution in [-0.2, 0) is 9.53 Å². The second-order valence-electron chi connectivity index (χ2n) is 6.66. The van der Waals surface area contributed by atoms with Crippen molar-refractivity contribution in [1.82, 2.24) is 14.9 Å². The molecule has 0 radical (unpaired) electrons. The highest BCUT2D eigenvalue weighted by atomic mass is 32.1. The summed E-state index contributed by atoms with van der Waals surface area (Å²) in [4.78, 5) is 35.7. The maximum Gasteiger partial charge on any atom is 0.258 e. The number of carbonyl (C=O) groups is 2. The zero-order valence-electron chi connectivity index (χ0n) is 15.4. The summed E-state index contributed by atoms with van der Waals surface area (Å²) >= 11 is 1.37. The van der Waals surface area contributed by atoms with Crippen LogP contribution in [0.15, 0.2) is 41.9 Å². The van der Waals surface area contributed by atoms with Gasteiger partial charge in [0.2, 0.25) is 5.91 Å². The van der Waals surface area contributed by atoms with E-state index >= 15 is 0 Å². The SMILES string of the molecule is COCC(=O)N1CC[C@H](c2cc(C(=O)Nc3nccs3)c3ccccc3n2)C1. The Kier molecular flexibility index (Phi) is 5.31. The Labute approximate surface area is 166 Å². The van der Waals surface area contributed by atoms with E-state index in [9.17, 15) is 9.59 Å². The number of rotatable bonds is 5. The number of amides is 2. The summed E-state index contributed by atoms with van der Waals surface area (Å²) in [6.07, 6.45) is 2.47. The molecule has 2 aromatic heterocycles. The highest BCUT2D eigenvalue weighted by Crippen LogP contribution is 2.30. The highest BCUT2D eigenvalue weighted by Gasteiger charge is 2.29. The molecule has 0 saturated carbocycles. The molecule has 1 N–H and O–H groups in total. The van der Waals surface area contributed by atoms with E-state index in [1.54, 1.807) is 11.1 Å². The fourth-order valence-corrected chi connectivity index (χ4v) is 4.01. The number of hydrogen-bond acceptors (Lipinski definition) is 6. The average Bonchev–Trinajstić information content (AvgIpc) is 3.39. The van der Waals surface area contributed by atoms with Crippen molar-refractivity contribution in [3.8, 4) is 0 Å². The molecule has 1 fully saturated rings. The molecule has 1 saturated heterocycles. The lowest BCUT2D eigenvalue weighted by atomic mass is 9.99. The number of ether oxygens (including phenoxy) is 1. The molecule has 0 aliphatic carbocycles. The second kappa shape index (κ2) is 8.04. The van der Waals surface area contributed by atoms with Gasteiger partial charge in [-0.3, -0.25) is 19.9 Å². The summed E-state index contributed by atoms with van der Waals surface area (Å²) in [7, 11) is 1.52. The number of benzene rings is 1. The van der Waals surface area contributed by atoms with Crippen LogP contribution in [0.5, 0.6) is 0 Å². The van der Waals surface area contributed by atoms with E-state index in [2.05, 4.69) is 10.3 Å². The van der Waals surface area contributed by atoms with Crippen LogP contribution in [0.1, 0.15) is 28.4 Å². The molecule has 28 heavy (non-hydrogen) atoms. The number of likely N-dealkylation sites (tertiary alicyclic amines) is 1. The van der Waals surface area contributed by atoms with Crippen molar-refractivity contribution in [2.45, 2.75) is 12.3 Å². The first kappa shape index (κ1) is 18.5. The smallest absolute Gasteiger partial charge is 0.258 e. The maximum absolute atomic E-state index is 12.9. The van der Waals surface area contributed by atoms with Crippen LogP contribution in [-0.4, -0.2) is 53.5 Å². The summed E-state index contributed by atoms with van der Waals surface area (Å²) in [6.45, 7) is 1.34. The Morgan fingerprint density at radius 3 is 3.00 bits per heavy atom. The molecular formula is C20H20N4O3S. The molecule has 3 heterocycles. The van der Waals surface area contributed by atoms with Gasteiger partial charge in [-0.05, 0) is 18.6 Å². The number of fused-ring (bicyclic) bond motifs is 1. The molecule has 0 unspecified atom stereocenters. The second-order valence-corrected chi connectivity index (χ2v) is 7.56. The normalized spacial score (nSPS) is 16.5. The lowest BCUT2D eigenvalue weighted by molar-refractivity contribution is -0.134. The van der Waals surface area contributed by atoms with Gasteiger partial charge >= 0.3 is 0 Å². The summed E-state index contributed by atoms with van der Waals surface area (Å²) in [5, 5.41) is 6.02. The Balaban J connectivity index is 1.65. The predicted octanol–water partition coefficient (Wildman–Crippen LogP) is 2.91. The highest BCUT2D eigenvalue weighted by molar-refractivity contribution is 7.13. The van der Waals surface area contributed by atoms with Gasteiger partial charge in [-0.25, -0.2) is 4.98 Å². The first-order valence-corrected chi connectivity index (χ1v) is 9.91.